The van der Waals surface area contributed by atoms with E-state index in [1.807, 2.05) is 0 Å². The number of aliphatic hydroxyl groups is 1. The van der Waals surface area contributed by atoms with E-state index in [1.165, 1.54) is 24.3 Å². The zero-order chi connectivity index (χ0) is 21.7. The fraction of sp³-hybridized carbons (Fsp3) is 0.400. The number of esters is 2. The van der Waals surface area contributed by atoms with Crippen molar-refractivity contribution in [1.82, 2.24) is 5.32 Å². The molecule has 0 amide bonds. The van der Waals surface area contributed by atoms with Crippen LogP contribution in [0.1, 0.15) is 39.2 Å². The van der Waals surface area contributed by atoms with E-state index in [4.69, 9.17) is 14.6 Å². The third-order valence-electron chi connectivity index (χ3n) is 4.30. The van der Waals surface area contributed by atoms with E-state index in [2.05, 4.69) is 5.32 Å². The Morgan fingerprint density at radius 1 is 1.14 bits per heavy atom. The number of nitro groups is 1. The molecule has 0 bridgehead atoms. The Morgan fingerprint density at radius 3 is 2.17 bits per heavy atom. The molecule has 156 valence electrons. The number of nitro benzene ring substituents is 1. The predicted octanol–water partition coefficient (Wildman–Crippen LogP) is 2.32. The topological polar surface area (TPSA) is 128 Å². The average Bonchev–Trinajstić information content (AvgIpc) is 2.64. The van der Waals surface area contributed by atoms with Crippen LogP contribution in [-0.2, 0) is 19.1 Å². The van der Waals surface area contributed by atoms with Gasteiger partial charge in [-0.1, -0.05) is 12.1 Å². The Hall–Kier alpha value is -3.20. The number of ether oxygens (including phenoxy) is 2. The van der Waals surface area contributed by atoms with Gasteiger partial charge in [0.05, 0.1) is 34.7 Å². The second kappa shape index (κ2) is 9.33. The lowest BCUT2D eigenvalue weighted by atomic mass is 9.80. The minimum absolute atomic E-state index is 0.111. The van der Waals surface area contributed by atoms with Crippen molar-refractivity contribution in [3.8, 4) is 0 Å². The van der Waals surface area contributed by atoms with Crippen molar-refractivity contribution in [3.05, 3.63) is 62.5 Å². The van der Waals surface area contributed by atoms with Gasteiger partial charge in [-0.25, -0.2) is 9.59 Å². The number of dihydropyridines is 1. The minimum atomic E-state index is -0.838. The van der Waals surface area contributed by atoms with E-state index in [0.717, 1.165) is 0 Å². The van der Waals surface area contributed by atoms with E-state index in [9.17, 15) is 19.7 Å². The van der Waals surface area contributed by atoms with E-state index < -0.39 is 22.8 Å². The molecule has 0 aromatic heterocycles. The monoisotopic (exact) mass is 404 g/mol. The zero-order valence-corrected chi connectivity index (χ0v) is 16.7. The van der Waals surface area contributed by atoms with Gasteiger partial charge in [0.1, 0.15) is 6.61 Å². The first kappa shape index (κ1) is 22.1. The number of allylic oxidation sites excluding steroid dienone is 2. The van der Waals surface area contributed by atoms with Crippen LogP contribution < -0.4 is 5.32 Å². The van der Waals surface area contributed by atoms with Crippen LogP contribution in [0.25, 0.3) is 0 Å². The number of carbonyl (C=O) groups is 2. The Balaban J connectivity index is 2.59. The first-order valence-electron chi connectivity index (χ1n) is 9.09. The van der Waals surface area contributed by atoms with E-state index in [1.54, 1.807) is 27.7 Å². The highest BCUT2D eigenvalue weighted by molar-refractivity contribution is 6.00. The normalized spacial score (nSPS) is 16.6. The standard InChI is InChI=1S/C20H24N2O7/c1-11(2)29-20(25)17-13(4)21-12(3)16(19(24)28-10-9-23)18(17)14-5-7-15(8-6-14)22(26)27/h5-8,11,18,21,23H,9-10H2,1-4H3. The Morgan fingerprint density at radius 2 is 1.69 bits per heavy atom. The fourth-order valence-electron chi connectivity index (χ4n) is 3.15. The van der Waals surface area contributed by atoms with Crippen LogP contribution in [-0.4, -0.2) is 41.3 Å². The van der Waals surface area contributed by atoms with Crippen molar-refractivity contribution in [2.45, 2.75) is 39.7 Å². The molecule has 1 atom stereocenters. The third-order valence-corrected chi connectivity index (χ3v) is 4.30. The summed E-state index contributed by atoms with van der Waals surface area (Å²) in [5.74, 6) is -2.14. The Bertz CT molecular complexity index is 869. The maximum absolute atomic E-state index is 12.8. The van der Waals surface area contributed by atoms with Crippen LogP contribution >= 0.6 is 0 Å². The molecular weight excluding hydrogens is 380 g/mol. The van der Waals surface area contributed by atoms with Gasteiger partial charge in [0.25, 0.3) is 5.69 Å². The van der Waals surface area contributed by atoms with Gasteiger partial charge >= 0.3 is 11.9 Å². The predicted molar refractivity (Wildman–Crippen MR) is 104 cm³/mol. The van der Waals surface area contributed by atoms with Gasteiger partial charge in [0, 0.05) is 23.5 Å². The fourth-order valence-corrected chi connectivity index (χ4v) is 3.15. The van der Waals surface area contributed by atoms with Crippen molar-refractivity contribution < 1.29 is 29.1 Å². The first-order valence-corrected chi connectivity index (χ1v) is 9.09. The van der Waals surface area contributed by atoms with Gasteiger partial charge < -0.3 is 19.9 Å². The number of nitrogens with one attached hydrogen (secondary N) is 1. The summed E-state index contributed by atoms with van der Waals surface area (Å²) < 4.78 is 10.4. The highest BCUT2D eigenvalue weighted by Gasteiger charge is 2.38. The number of aliphatic hydroxyl groups excluding tert-OH is 1. The molecule has 9 nitrogen and oxygen atoms in total. The number of non-ortho nitro benzene ring substituents is 1. The van der Waals surface area contributed by atoms with Crippen LogP contribution in [0.5, 0.6) is 0 Å². The molecule has 2 N–H and O–H groups in total. The van der Waals surface area contributed by atoms with E-state index in [0.29, 0.717) is 17.0 Å². The van der Waals surface area contributed by atoms with E-state index in [-0.39, 0.29) is 36.2 Å². The maximum Gasteiger partial charge on any atom is 0.337 e. The lowest BCUT2D eigenvalue weighted by Gasteiger charge is -2.30. The smallest absolute Gasteiger partial charge is 0.337 e. The molecule has 9 heteroatoms. The maximum atomic E-state index is 12.8. The van der Waals surface area contributed by atoms with Crippen LogP contribution in [0.2, 0.25) is 0 Å². The third kappa shape index (κ3) is 5.00. The number of rotatable bonds is 7. The van der Waals surface area contributed by atoms with Crippen LogP contribution in [0.15, 0.2) is 46.8 Å². The summed E-state index contributed by atoms with van der Waals surface area (Å²) in [7, 11) is 0. The number of hydrogen-bond acceptors (Lipinski definition) is 8. The number of carbonyl (C=O) groups excluding carboxylic acids is 2. The van der Waals surface area contributed by atoms with Crippen molar-refractivity contribution in [1.29, 1.82) is 0 Å². The van der Waals surface area contributed by atoms with Crippen LogP contribution in [0.4, 0.5) is 5.69 Å². The summed E-state index contributed by atoms with van der Waals surface area (Å²) in [6.07, 6.45) is -0.378. The second-order valence-electron chi connectivity index (χ2n) is 6.80. The van der Waals surface area contributed by atoms with Crippen molar-refractivity contribution in [2.75, 3.05) is 13.2 Å². The molecule has 0 fully saturated rings. The summed E-state index contributed by atoms with van der Waals surface area (Å²) in [6, 6.07) is 5.61. The van der Waals surface area contributed by atoms with E-state index >= 15 is 0 Å². The first-order chi connectivity index (χ1) is 13.7. The molecule has 1 heterocycles. The summed E-state index contributed by atoms with van der Waals surface area (Å²) >= 11 is 0. The van der Waals surface area contributed by atoms with Gasteiger partial charge in [0.15, 0.2) is 0 Å². The zero-order valence-electron chi connectivity index (χ0n) is 16.7. The highest BCUT2D eigenvalue weighted by Crippen LogP contribution is 2.39. The molecule has 0 spiro atoms. The molecule has 0 aliphatic carbocycles. The second-order valence-corrected chi connectivity index (χ2v) is 6.80. The van der Waals surface area contributed by atoms with Gasteiger partial charge in [-0.3, -0.25) is 10.1 Å². The summed E-state index contributed by atoms with van der Waals surface area (Å²) in [6.45, 7) is 6.24. The molecule has 0 saturated heterocycles. The molecule has 1 aromatic rings. The molecule has 1 aliphatic rings. The van der Waals surface area contributed by atoms with Crippen molar-refractivity contribution in [2.24, 2.45) is 0 Å². The molecule has 0 saturated carbocycles. The Labute approximate surface area is 168 Å². The van der Waals surface area contributed by atoms with Crippen molar-refractivity contribution in [3.63, 3.8) is 0 Å². The summed E-state index contributed by atoms with van der Waals surface area (Å²) in [5.41, 5.74) is 1.77. The Kier molecular flexibility index (Phi) is 7.11. The van der Waals surface area contributed by atoms with Crippen LogP contribution in [0, 0.1) is 10.1 Å². The SMILES string of the molecule is CC1=C(C(=O)OCCO)C(c2ccc([N+](=O)[O-])cc2)C(C(=O)OC(C)C)=C(C)N1. The lowest BCUT2D eigenvalue weighted by molar-refractivity contribution is -0.384. The van der Waals surface area contributed by atoms with Crippen molar-refractivity contribution >= 4 is 17.6 Å². The van der Waals surface area contributed by atoms with Gasteiger partial charge in [-0.15, -0.1) is 0 Å². The number of nitrogens with zero attached hydrogens (tertiary/aromatic N) is 1. The average molecular weight is 404 g/mol. The highest BCUT2D eigenvalue weighted by atomic mass is 16.6. The molecule has 1 aliphatic heterocycles. The molecular formula is C20H24N2O7. The quantitative estimate of drug-likeness (QED) is 0.402. The summed E-state index contributed by atoms with van der Waals surface area (Å²) in [4.78, 5) is 36.0. The van der Waals surface area contributed by atoms with Gasteiger partial charge in [-0.2, -0.15) is 0 Å². The lowest BCUT2D eigenvalue weighted by Crippen LogP contribution is -2.33. The molecule has 29 heavy (non-hydrogen) atoms. The van der Waals surface area contributed by atoms with Gasteiger partial charge in [-0.05, 0) is 33.3 Å². The largest absolute Gasteiger partial charge is 0.460 e. The van der Waals surface area contributed by atoms with Crippen LogP contribution in [0.3, 0.4) is 0 Å². The molecule has 1 unspecified atom stereocenters. The number of benzene rings is 1. The molecule has 1 aromatic carbocycles. The number of hydrogen-bond donors (Lipinski definition) is 2. The molecule has 0 radical (unpaired) electrons. The summed E-state index contributed by atoms with van der Waals surface area (Å²) in [5, 5.41) is 23.0. The van der Waals surface area contributed by atoms with Gasteiger partial charge in [0.2, 0.25) is 0 Å². The molecule has 2 rings (SSSR count). The minimum Gasteiger partial charge on any atom is -0.460 e.